The molecule has 0 spiro atoms. The molecule has 9 heteroatoms. The molecule has 0 unspecified atom stereocenters. The second-order valence-corrected chi connectivity index (χ2v) is 9.02. The second-order valence-electron chi connectivity index (χ2n) is 6.72. The number of carbonyl (C=O) groups excluding carboxylic acids is 2. The van der Waals surface area contributed by atoms with Gasteiger partial charge in [-0.3, -0.25) is 13.9 Å². The molecule has 0 fully saturated rings. The quantitative estimate of drug-likeness (QED) is 0.664. The van der Waals surface area contributed by atoms with Crippen molar-refractivity contribution in [2.45, 2.75) is 26.8 Å². The monoisotopic (exact) mass is 451 g/mol. The summed E-state index contributed by atoms with van der Waals surface area (Å²) in [4.78, 5) is 27.4. The number of halogens is 1. The molecule has 0 radical (unpaired) electrons. The maximum atomic E-state index is 13.0. The van der Waals surface area contributed by atoms with E-state index in [4.69, 9.17) is 11.6 Å². The highest BCUT2D eigenvalue weighted by Crippen LogP contribution is 2.24. The van der Waals surface area contributed by atoms with Gasteiger partial charge in [0.2, 0.25) is 15.9 Å². The molecule has 0 aliphatic carbocycles. The van der Waals surface area contributed by atoms with Gasteiger partial charge < -0.3 is 10.2 Å². The largest absolute Gasteiger partial charge is 0.339 e. The summed E-state index contributed by atoms with van der Waals surface area (Å²) in [5, 5.41) is 3.16. The van der Waals surface area contributed by atoms with Crippen LogP contribution in [0.15, 0.2) is 48.5 Å². The molecule has 0 bridgehead atoms. The minimum absolute atomic E-state index is 0.207. The molecular weight excluding hydrogens is 426 g/mol. The van der Waals surface area contributed by atoms with Crippen molar-refractivity contribution >= 4 is 44.8 Å². The Morgan fingerprint density at radius 3 is 2.13 bits per heavy atom. The van der Waals surface area contributed by atoms with Crippen LogP contribution in [0.5, 0.6) is 0 Å². The van der Waals surface area contributed by atoms with Gasteiger partial charge in [0.1, 0.15) is 6.04 Å². The fourth-order valence-corrected chi connectivity index (χ4v) is 4.39. The van der Waals surface area contributed by atoms with Gasteiger partial charge in [0.15, 0.2) is 0 Å². The number of anilines is 2. The van der Waals surface area contributed by atoms with E-state index in [-0.39, 0.29) is 5.91 Å². The number of para-hydroxylation sites is 1. The second kappa shape index (κ2) is 9.95. The lowest BCUT2D eigenvalue weighted by Gasteiger charge is -2.28. The first kappa shape index (κ1) is 23.7. The molecule has 0 aliphatic rings. The summed E-state index contributed by atoms with van der Waals surface area (Å²) in [6.45, 7) is 6.31. The van der Waals surface area contributed by atoms with E-state index in [2.05, 4.69) is 5.32 Å². The molecule has 1 atom stereocenters. The summed E-state index contributed by atoms with van der Waals surface area (Å²) in [6.07, 6.45) is 1.03. The third-order valence-corrected chi connectivity index (χ3v) is 6.13. The van der Waals surface area contributed by atoms with E-state index in [9.17, 15) is 18.0 Å². The highest BCUT2D eigenvalue weighted by Gasteiger charge is 2.30. The Morgan fingerprint density at radius 2 is 1.60 bits per heavy atom. The van der Waals surface area contributed by atoms with E-state index in [1.54, 1.807) is 41.3 Å². The first-order valence-corrected chi connectivity index (χ1v) is 11.8. The molecule has 30 heavy (non-hydrogen) atoms. The number of rotatable bonds is 8. The van der Waals surface area contributed by atoms with Crippen LogP contribution in [0.1, 0.15) is 31.1 Å². The summed E-state index contributed by atoms with van der Waals surface area (Å²) in [5.41, 5.74) is 0.993. The number of benzene rings is 2. The van der Waals surface area contributed by atoms with Crippen molar-refractivity contribution in [2.24, 2.45) is 0 Å². The Kier molecular flexibility index (Phi) is 7.86. The number of nitrogens with one attached hydrogen (secondary N) is 1. The average molecular weight is 452 g/mol. The van der Waals surface area contributed by atoms with Crippen molar-refractivity contribution in [1.29, 1.82) is 0 Å². The zero-order valence-corrected chi connectivity index (χ0v) is 19.0. The first-order valence-electron chi connectivity index (χ1n) is 9.54. The SMILES string of the molecule is CCN(CC)C(=O)c1ccccc1NC(=O)[C@H](C)N(c1ccc(Cl)cc1)S(C)(=O)=O. The number of nitrogens with zero attached hydrogens (tertiary/aromatic N) is 2. The molecule has 0 saturated heterocycles. The fraction of sp³-hybridized carbons (Fsp3) is 0.333. The Hall–Kier alpha value is -2.58. The van der Waals surface area contributed by atoms with Crippen molar-refractivity contribution in [2.75, 3.05) is 29.0 Å². The van der Waals surface area contributed by atoms with Crippen LogP contribution in [0.3, 0.4) is 0 Å². The van der Waals surface area contributed by atoms with Gasteiger partial charge in [0, 0.05) is 18.1 Å². The maximum Gasteiger partial charge on any atom is 0.255 e. The third-order valence-electron chi connectivity index (χ3n) is 4.64. The Bertz CT molecular complexity index is 1010. The minimum Gasteiger partial charge on any atom is -0.339 e. The lowest BCUT2D eigenvalue weighted by molar-refractivity contribution is -0.116. The molecule has 0 aromatic heterocycles. The van der Waals surface area contributed by atoms with Crippen LogP contribution in [0.4, 0.5) is 11.4 Å². The van der Waals surface area contributed by atoms with Crippen LogP contribution in [0, 0.1) is 0 Å². The molecular formula is C21H26ClN3O4S. The van der Waals surface area contributed by atoms with Crippen molar-refractivity contribution in [3.8, 4) is 0 Å². The van der Waals surface area contributed by atoms with Crippen LogP contribution in [0.2, 0.25) is 5.02 Å². The van der Waals surface area contributed by atoms with Gasteiger partial charge in [0.25, 0.3) is 5.91 Å². The first-order chi connectivity index (χ1) is 14.1. The van der Waals surface area contributed by atoms with E-state index >= 15 is 0 Å². The molecule has 2 amide bonds. The van der Waals surface area contributed by atoms with Crippen molar-refractivity contribution in [1.82, 2.24) is 4.90 Å². The summed E-state index contributed by atoms with van der Waals surface area (Å²) >= 11 is 5.89. The van der Waals surface area contributed by atoms with Gasteiger partial charge in [-0.15, -0.1) is 0 Å². The molecule has 2 aromatic carbocycles. The predicted molar refractivity (Wildman–Crippen MR) is 121 cm³/mol. The highest BCUT2D eigenvalue weighted by atomic mass is 35.5. The summed E-state index contributed by atoms with van der Waals surface area (Å²) in [5.74, 6) is -0.767. The molecule has 2 aromatic rings. The van der Waals surface area contributed by atoms with E-state index < -0.39 is 22.0 Å². The zero-order chi connectivity index (χ0) is 22.5. The Morgan fingerprint density at radius 1 is 1.03 bits per heavy atom. The van der Waals surface area contributed by atoms with E-state index in [0.717, 1.165) is 10.6 Å². The number of hydrogen-bond donors (Lipinski definition) is 1. The van der Waals surface area contributed by atoms with Gasteiger partial charge >= 0.3 is 0 Å². The summed E-state index contributed by atoms with van der Waals surface area (Å²) in [7, 11) is -3.76. The topological polar surface area (TPSA) is 86.8 Å². The molecule has 2 rings (SSSR count). The summed E-state index contributed by atoms with van der Waals surface area (Å²) < 4.78 is 25.8. The normalized spacial score (nSPS) is 12.2. The number of amides is 2. The number of sulfonamides is 1. The van der Waals surface area contributed by atoms with Gasteiger partial charge in [-0.1, -0.05) is 23.7 Å². The number of hydrogen-bond acceptors (Lipinski definition) is 4. The van der Waals surface area contributed by atoms with Crippen molar-refractivity contribution < 1.29 is 18.0 Å². The predicted octanol–water partition coefficient (Wildman–Crippen LogP) is 3.62. The third kappa shape index (κ3) is 5.52. The van der Waals surface area contributed by atoms with Crippen LogP contribution in [-0.2, 0) is 14.8 Å². The summed E-state index contributed by atoms with van der Waals surface area (Å²) in [6, 6.07) is 11.8. The van der Waals surface area contributed by atoms with Crippen LogP contribution < -0.4 is 9.62 Å². The van der Waals surface area contributed by atoms with E-state index in [1.165, 1.54) is 19.1 Å². The lowest BCUT2D eigenvalue weighted by Crippen LogP contribution is -2.45. The van der Waals surface area contributed by atoms with Gasteiger partial charge in [-0.2, -0.15) is 0 Å². The Labute approximate surface area is 182 Å². The average Bonchev–Trinajstić information content (AvgIpc) is 2.69. The number of carbonyl (C=O) groups is 2. The fourth-order valence-electron chi connectivity index (χ4n) is 3.09. The molecule has 7 nitrogen and oxygen atoms in total. The standard InChI is InChI=1S/C21H26ClN3O4S/c1-5-24(6-2)21(27)18-9-7-8-10-19(18)23-20(26)15(3)25(30(4,28)29)17-13-11-16(22)12-14-17/h7-15H,5-6H2,1-4H3,(H,23,26)/t15-/m0/s1. The molecule has 162 valence electrons. The van der Waals surface area contributed by atoms with Gasteiger partial charge in [-0.05, 0) is 57.2 Å². The van der Waals surface area contributed by atoms with Crippen LogP contribution in [-0.4, -0.2) is 50.5 Å². The van der Waals surface area contributed by atoms with Crippen LogP contribution >= 0.6 is 11.6 Å². The van der Waals surface area contributed by atoms with Crippen molar-refractivity contribution in [3.63, 3.8) is 0 Å². The molecule has 0 heterocycles. The maximum absolute atomic E-state index is 13.0. The molecule has 0 saturated carbocycles. The lowest BCUT2D eigenvalue weighted by atomic mass is 10.1. The van der Waals surface area contributed by atoms with E-state index in [0.29, 0.717) is 35.1 Å². The van der Waals surface area contributed by atoms with E-state index in [1.807, 2.05) is 13.8 Å². The highest BCUT2D eigenvalue weighted by molar-refractivity contribution is 7.92. The van der Waals surface area contributed by atoms with Gasteiger partial charge in [-0.25, -0.2) is 8.42 Å². The van der Waals surface area contributed by atoms with Crippen LogP contribution in [0.25, 0.3) is 0 Å². The minimum atomic E-state index is -3.76. The Balaban J connectivity index is 2.34. The zero-order valence-electron chi connectivity index (χ0n) is 17.4. The van der Waals surface area contributed by atoms with Gasteiger partial charge in [0.05, 0.1) is 23.2 Å². The molecule has 1 N–H and O–H groups in total. The smallest absolute Gasteiger partial charge is 0.255 e. The molecule has 0 aliphatic heterocycles. The van der Waals surface area contributed by atoms with Crippen molar-refractivity contribution in [3.05, 3.63) is 59.1 Å².